The van der Waals surface area contributed by atoms with Crippen molar-refractivity contribution in [1.29, 1.82) is 0 Å². The van der Waals surface area contributed by atoms with Crippen molar-refractivity contribution in [3.8, 4) is 39.7 Å². The molecule has 0 spiro atoms. The van der Waals surface area contributed by atoms with Crippen LogP contribution >= 0.6 is 0 Å². The maximum atomic E-state index is 6.69. The molecule has 0 fully saturated rings. The molecular formula is C35H24N2O. The van der Waals surface area contributed by atoms with E-state index < -0.39 is 0 Å². The van der Waals surface area contributed by atoms with E-state index in [-0.39, 0.29) is 0 Å². The summed E-state index contributed by atoms with van der Waals surface area (Å²) in [5.74, 6) is 1.52. The number of para-hydroxylation sites is 4. The fraction of sp³-hybridized carbons (Fsp3) is 0. The minimum absolute atomic E-state index is 0.742. The van der Waals surface area contributed by atoms with Gasteiger partial charge in [0.05, 0.1) is 28.1 Å². The van der Waals surface area contributed by atoms with Crippen molar-refractivity contribution in [1.82, 2.24) is 9.55 Å². The largest absolute Gasteiger partial charge is 0.455 e. The zero-order chi connectivity index (χ0) is 25.3. The van der Waals surface area contributed by atoms with Crippen LogP contribution in [0.2, 0.25) is 0 Å². The van der Waals surface area contributed by atoms with Crippen LogP contribution < -0.4 is 4.74 Å². The maximum Gasteiger partial charge on any atom is 0.151 e. The number of nitrogens with zero attached hydrogens (tertiary/aromatic N) is 2. The Morgan fingerprint density at radius 1 is 0.474 bits per heavy atom. The highest BCUT2D eigenvalue weighted by Crippen LogP contribution is 2.38. The van der Waals surface area contributed by atoms with Crippen LogP contribution in [0, 0.1) is 0 Å². The standard InChI is InChI=1S/C35H24N2O/c1-3-13-25(14-4-1)30-23-27(24-31(36-30)26-15-5-2-6-16-26)38-35-22-12-11-21-34(35)37-32-19-9-7-17-28(32)29-18-8-10-20-33(29)37/h1-24H. The number of rotatable bonds is 5. The Morgan fingerprint density at radius 2 is 0.947 bits per heavy atom. The second kappa shape index (κ2) is 9.38. The van der Waals surface area contributed by atoms with Crippen molar-refractivity contribution in [2.45, 2.75) is 0 Å². The molecule has 0 bridgehead atoms. The van der Waals surface area contributed by atoms with Crippen LogP contribution in [0.15, 0.2) is 146 Å². The molecule has 5 aromatic carbocycles. The second-order valence-corrected chi connectivity index (χ2v) is 9.24. The number of pyridine rings is 1. The van der Waals surface area contributed by atoms with Crippen LogP contribution in [0.25, 0.3) is 50.0 Å². The van der Waals surface area contributed by atoms with Crippen molar-refractivity contribution in [3.63, 3.8) is 0 Å². The third kappa shape index (κ3) is 3.91. The lowest BCUT2D eigenvalue weighted by Gasteiger charge is -2.16. The summed E-state index contributed by atoms with van der Waals surface area (Å²) in [4.78, 5) is 4.98. The van der Waals surface area contributed by atoms with Crippen LogP contribution in [-0.2, 0) is 0 Å². The summed E-state index contributed by atoms with van der Waals surface area (Å²) < 4.78 is 8.98. The monoisotopic (exact) mass is 488 g/mol. The fourth-order valence-corrected chi connectivity index (χ4v) is 5.12. The Bertz CT molecular complexity index is 1780. The van der Waals surface area contributed by atoms with Gasteiger partial charge in [0.2, 0.25) is 0 Å². The van der Waals surface area contributed by atoms with E-state index in [1.807, 2.05) is 60.7 Å². The molecule has 0 atom stereocenters. The quantitative estimate of drug-likeness (QED) is 0.241. The smallest absolute Gasteiger partial charge is 0.151 e. The summed E-state index contributed by atoms with van der Waals surface area (Å²) in [6.45, 7) is 0. The average molecular weight is 489 g/mol. The van der Waals surface area contributed by atoms with Crippen LogP contribution in [0.5, 0.6) is 11.5 Å². The molecule has 3 nitrogen and oxygen atoms in total. The van der Waals surface area contributed by atoms with E-state index in [4.69, 9.17) is 9.72 Å². The molecule has 0 amide bonds. The van der Waals surface area contributed by atoms with Gasteiger partial charge < -0.3 is 9.30 Å². The van der Waals surface area contributed by atoms with Crippen molar-refractivity contribution in [3.05, 3.63) is 146 Å². The topological polar surface area (TPSA) is 27.1 Å². The minimum Gasteiger partial charge on any atom is -0.455 e. The molecule has 0 saturated heterocycles. The highest BCUT2D eigenvalue weighted by Gasteiger charge is 2.16. The molecule has 0 radical (unpaired) electrons. The number of fused-ring (bicyclic) bond motifs is 3. The van der Waals surface area contributed by atoms with E-state index in [1.54, 1.807) is 0 Å². The first-order valence-corrected chi connectivity index (χ1v) is 12.7. The Balaban J connectivity index is 1.40. The van der Waals surface area contributed by atoms with Gasteiger partial charge in [-0.2, -0.15) is 0 Å². The lowest BCUT2D eigenvalue weighted by molar-refractivity contribution is 0.480. The summed E-state index contributed by atoms with van der Waals surface area (Å²) in [5.41, 5.74) is 7.12. The molecule has 0 aliphatic rings. The molecule has 38 heavy (non-hydrogen) atoms. The molecule has 0 N–H and O–H groups in total. The van der Waals surface area contributed by atoms with Crippen LogP contribution in [0.3, 0.4) is 0 Å². The van der Waals surface area contributed by atoms with Crippen molar-refractivity contribution in [2.24, 2.45) is 0 Å². The van der Waals surface area contributed by atoms with Gasteiger partial charge in [0.25, 0.3) is 0 Å². The summed E-state index contributed by atoms with van der Waals surface area (Å²) in [5, 5.41) is 2.44. The molecule has 0 saturated carbocycles. The molecule has 2 heterocycles. The molecular weight excluding hydrogens is 464 g/mol. The predicted molar refractivity (Wildman–Crippen MR) is 156 cm³/mol. The van der Waals surface area contributed by atoms with Gasteiger partial charge in [-0.1, -0.05) is 109 Å². The molecule has 3 heteroatoms. The van der Waals surface area contributed by atoms with Gasteiger partial charge in [-0.25, -0.2) is 4.98 Å². The SMILES string of the molecule is c1ccc(-c2cc(Oc3ccccc3-n3c4ccccc4c4ccccc43)cc(-c3ccccc3)n2)cc1. The molecule has 2 aromatic heterocycles. The van der Waals surface area contributed by atoms with Crippen LogP contribution in [0.1, 0.15) is 0 Å². The normalized spacial score (nSPS) is 11.2. The number of hydrogen-bond acceptors (Lipinski definition) is 2. The third-order valence-electron chi connectivity index (χ3n) is 6.85. The van der Waals surface area contributed by atoms with E-state index in [0.29, 0.717) is 0 Å². The Kier molecular flexibility index (Phi) is 5.45. The Labute approximate surface area is 221 Å². The van der Waals surface area contributed by atoms with Gasteiger partial charge in [0.15, 0.2) is 5.75 Å². The fourth-order valence-electron chi connectivity index (χ4n) is 5.12. The van der Waals surface area contributed by atoms with Crippen molar-refractivity contribution in [2.75, 3.05) is 0 Å². The van der Waals surface area contributed by atoms with Crippen LogP contribution in [0.4, 0.5) is 0 Å². The summed E-state index contributed by atoms with van der Waals surface area (Å²) in [7, 11) is 0. The van der Waals surface area contributed by atoms with Gasteiger partial charge in [-0.15, -0.1) is 0 Å². The van der Waals surface area contributed by atoms with E-state index in [2.05, 4.69) is 89.5 Å². The van der Waals surface area contributed by atoms with Gasteiger partial charge >= 0.3 is 0 Å². The number of ether oxygens (including phenoxy) is 1. The molecule has 0 aliphatic carbocycles. The molecule has 0 unspecified atom stereocenters. The highest BCUT2D eigenvalue weighted by atomic mass is 16.5. The summed E-state index contributed by atoms with van der Waals surface area (Å²) in [6.07, 6.45) is 0. The van der Waals surface area contributed by atoms with Crippen molar-refractivity contribution >= 4 is 21.8 Å². The molecule has 180 valence electrons. The molecule has 7 rings (SSSR count). The first-order chi connectivity index (χ1) is 18.8. The molecule has 0 aliphatic heterocycles. The lowest BCUT2D eigenvalue weighted by Crippen LogP contribution is -1.98. The number of benzene rings is 5. The zero-order valence-electron chi connectivity index (χ0n) is 20.7. The van der Waals surface area contributed by atoms with Crippen molar-refractivity contribution < 1.29 is 4.74 Å². The van der Waals surface area contributed by atoms with Crippen LogP contribution in [-0.4, -0.2) is 9.55 Å². The first-order valence-electron chi connectivity index (χ1n) is 12.7. The number of hydrogen-bond donors (Lipinski definition) is 0. The lowest BCUT2D eigenvalue weighted by atomic mass is 10.1. The van der Waals surface area contributed by atoms with E-state index >= 15 is 0 Å². The average Bonchev–Trinajstić information content (AvgIpc) is 3.33. The zero-order valence-corrected chi connectivity index (χ0v) is 20.7. The summed E-state index contributed by atoms with van der Waals surface area (Å²) in [6, 6.07) is 49.8. The van der Waals surface area contributed by atoms with Gasteiger partial charge in [0, 0.05) is 34.0 Å². The van der Waals surface area contributed by atoms with E-state index in [9.17, 15) is 0 Å². The van der Waals surface area contributed by atoms with Gasteiger partial charge in [-0.3, -0.25) is 0 Å². The Hall–Kier alpha value is -5.15. The molecule has 7 aromatic rings. The van der Waals surface area contributed by atoms with Gasteiger partial charge in [0.1, 0.15) is 5.75 Å². The minimum atomic E-state index is 0.742. The highest BCUT2D eigenvalue weighted by molar-refractivity contribution is 6.09. The van der Waals surface area contributed by atoms with E-state index in [0.717, 1.165) is 50.7 Å². The third-order valence-corrected chi connectivity index (χ3v) is 6.85. The number of aromatic nitrogens is 2. The van der Waals surface area contributed by atoms with Gasteiger partial charge in [-0.05, 0) is 24.3 Å². The second-order valence-electron chi connectivity index (χ2n) is 9.24. The maximum absolute atomic E-state index is 6.69. The van der Waals surface area contributed by atoms with E-state index in [1.165, 1.54) is 10.8 Å². The Morgan fingerprint density at radius 3 is 1.53 bits per heavy atom. The first kappa shape index (κ1) is 22.1. The predicted octanol–water partition coefficient (Wildman–Crippen LogP) is 9.30. The summed E-state index contributed by atoms with van der Waals surface area (Å²) >= 11 is 0.